The van der Waals surface area contributed by atoms with E-state index in [0.717, 1.165) is 44.1 Å². The fourth-order valence-corrected chi connectivity index (χ4v) is 6.35. The predicted octanol–water partition coefficient (Wildman–Crippen LogP) is 1.10. The van der Waals surface area contributed by atoms with Gasteiger partial charge in [-0.1, -0.05) is 19.8 Å². The second-order valence-corrected chi connectivity index (χ2v) is 11.8. The molecule has 5 unspecified atom stereocenters. The van der Waals surface area contributed by atoms with Crippen molar-refractivity contribution in [3.8, 4) is 0 Å². The van der Waals surface area contributed by atoms with Crippen molar-refractivity contribution in [3.05, 3.63) is 58.3 Å². The van der Waals surface area contributed by atoms with Crippen molar-refractivity contribution in [2.24, 2.45) is 17.8 Å². The van der Waals surface area contributed by atoms with E-state index in [2.05, 4.69) is 33.2 Å². The quantitative estimate of drug-likeness (QED) is 0.215. The second-order valence-electron chi connectivity index (χ2n) is 11.8. The molecule has 2 aliphatic rings. The molecular weight excluding hydrogens is 584 g/mol. The first kappa shape index (κ1) is 33.0. The molecule has 0 saturated heterocycles. The van der Waals surface area contributed by atoms with E-state index in [1.165, 1.54) is 36.4 Å². The summed E-state index contributed by atoms with van der Waals surface area (Å²) >= 11 is 0. The molecule has 45 heavy (non-hydrogen) atoms. The minimum Gasteiger partial charge on any atom is -0.478 e. The van der Waals surface area contributed by atoms with Gasteiger partial charge >= 0.3 is 5.97 Å². The van der Waals surface area contributed by atoms with Crippen LogP contribution >= 0.6 is 0 Å². The molecule has 0 radical (unpaired) electrons. The van der Waals surface area contributed by atoms with Crippen molar-refractivity contribution in [3.63, 3.8) is 0 Å². The van der Waals surface area contributed by atoms with Crippen LogP contribution < -0.4 is 26.8 Å². The molecule has 2 fully saturated rings. The third kappa shape index (κ3) is 8.40. The highest BCUT2D eigenvalue weighted by atomic mass is 16.4. The number of pyridine rings is 2. The number of likely N-dealkylation sites (N-methyl/N-ethyl adjacent to an activating group) is 1. The Bertz CT molecular complexity index is 1540. The standard InChI is InChI=1S/C31H38N6O8/c1-17-11-18-5-3-6-19(12-18)26(17)36-25(39)16-37-10-4-7-23(30(37)43)35-28(41)22(8-9-24(38)29(42)32-2)34-27(40)20-13-21(31(44)45)15-33-14-20/h4,7,10,13-15,17-19,22,26H,3,5-6,8-9,11-12,16H2,1-2H3,(H,32,42)(H,34,40)(H,35,41)(H,36,39)(H,44,45). The zero-order chi connectivity index (χ0) is 32.7. The highest BCUT2D eigenvalue weighted by Crippen LogP contribution is 2.42. The first-order chi connectivity index (χ1) is 21.5. The van der Waals surface area contributed by atoms with E-state index in [4.69, 9.17) is 0 Å². The van der Waals surface area contributed by atoms with E-state index in [0.29, 0.717) is 17.8 Å². The zero-order valence-corrected chi connectivity index (χ0v) is 25.2. The SMILES string of the molecule is CNC(=O)C(=O)CCC(NC(=O)c1cncc(C(=O)O)c1)C(=O)Nc1cccn(CC(=O)NC2C(C)CC3CCCC2C3)c1=O. The molecular formula is C31H38N6O8. The van der Waals surface area contributed by atoms with Crippen LogP contribution in [0.4, 0.5) is 5.69 Å². The molecule has 4 rings (SSSR count). The molecule has 2 heterocycles. The summed E-state index contributed by atoms with van der Waals surface area (Å²) in [4.78, 5) is 91.4. The average Bonchev–Trinajstić information content (AvgIpc) is 3.02. The summed E-state index contributed by atoms with van der Waals surface area (Å²) < 4.78 is 1.17. The van der Waals surface area contributed by atoms with Gasteiger partial charge in [0.25, 0.3) is 17.4 Å². The molecule has 2 aliphatic carbocycles. The number of fused-ring (bicyclic) bond motifs is 2. The van der Waals surface area contributed by atoms with Crippen LogP contribution in [0.5, 0.6) is 0 Å². The number of nitrogens with zero attached hydrogens (tertiary/aromatic N) is 2. The number of carbonyl (C=O) groups is 6. The Balaban J connectivity index is 1.46. The number of hydrogen-bond donors (Lipinski definition) is 5. The van der Waals surface area contributed by atoms with Gasteiger partial charge in [0.1, 0.15) is 18.3 Å². The Morgan fingerprint density at radius 2 is 1.84 bits per heavy atom. The van der Waals surface area contributed by atoms with Crippen molar-refractivity contribution in [2.75, 3.05) is 12.4 Å². The van der Waals surface area contributed by atoms with E-state index in [1.807, 2.05) is 0 Å². The van der Waals surface area contributed by atoms with Crippen LogP contribution in [0, 0.1) is 17.8 Å². The van der Waals surface area contributed by atoms with E-state index in [1.54, 1.807) is 0 Å². The van der Waals surface area contributed by atoms with Gasteiger partial charge in [-0.15, -0.1) is 0 Å². The normalized spacial score (nSPS) is 21.1. The van der Waals surface area contributed by atoms with Gasteiger partial charge < -0.3 is 30.9 Å². The minimum absolute atomic E-state index is 0.0425. The largest absolute Gasteiger partial charge is 0.478 e. The second kappa shape index (κ2) is 14.7. The number of nitrogens with one attached hydrogen (secondary N) is 4. The van der Waals surface area contributed by atoms with Crippen molar-refractivity contribution in [1.82, 2.24) is 25.5 Å². The van der Waals surface area contributed by atoms with Crippen molar-refractivity contribution in [1.29, 1.82) is 0 Å². The molecule has 5 atom stereocenters. The van der Waals surface area contributed by atoms with Crippen LogP contribution in [0.1, 0.15) is 72.6 Å². The molecule has 240 valence electrons. The number of aromatic nitrogens is 2. The molecule has 5 N–H and O–H groups in total. The molecule has 14 heteroatoms. The van der Waals surface area contributed by atoms with Gasteiger partial charge in [0.2, 0.25) is 17.6 Å². The molecule has 2 saturated carbocycles. The highest BCUT2D eigenvalue weighted by Gasteiger charge is 2.38. The van der Waals surface area contributed by atoms with Gasteiger partial charge in [0.15, 0.2) is 0 Å². The van der Waals surface area contributed by atoms with Gasteiger partial charge in [-0.2, -0.15) is 0 Å². The van der Waals surface area contributed by atoms with Gasteiger partial charge in [-0.3, -0.25) is 33.8 Å². The number of carboxylic acids is 1. The Kier molecular flexibility index (Phi) is 10.8. The third-order valence-corrected chi connectivity index (χ3v) is 8.58. The molecule has 2 bridgehead atoms. The van der Waals surface area contributed by atoms with Gasteiger partial charge in [-0.05, 0) is 61.6 Å². The van der Waals surface area contributed by atoms with E-state index in [9.17, 15) is 38.7 Å². The monoisotopic (exact) mass is 622 g/mol. The summed E-state index contributed by atoms with van der Waals surface area (Å²) in [6, 6.07) is 2.54. The van der Waals surface area contributed by atoms with E-state index in [-0.39, 0.29) is 41.7 Å². The molecule has 0 aromatic carbocycles. The molecule has 2 aromatic heterocycles. The molecule has 0 spiro atoms. The van der Waals surface area contributed by atoms with Gasteiger partial charge in [0.05, 0.1) is 11.1 Å². The van der Waals surface area contributed by atoms with Crippen molar-refractivity contribution < 1.29 is 33.9 Å². The Labute approximate surface area is 259 Å². The number of carbonyl (C=O) groups excluding carboxylic acids is 5. The van der Waals surface area contributed by atoms with Crippen LogP contribution in [0.2, 0.25) is 0 Å². The summed E-state index contributed by atoms with van der Waals surface area (Å²) in [5, 5.41) is 19.4. The summed E-state index contributed by atoms with van der Waals surface area (Å²) in [6.45, 7) is 1.89. The van der Waals surface area contributed by atoms with E-state index < -0.39 is 47.5 Å². The lowest BCUT2D eigenvalue weighted by atomic mass is 9.65. The Morgan fingerprint density at radius 3 is 2.58 bits per heavy atom. The minimum atomic E-state index is -1.40. The number of anilines is 1. The lowest BCUT2D eigenvalue weighted by molar-refractivity contribution is -0.137. The average molecular weight is 623 g/mol. The maximum Gasteiger partial charge on any atom is 0.337 e. The maximum atomic E-state index is 13.3. The van der Waals surface area contributed by atoms with Crippen LogP contribution in [0.3, 0.4) is 0 Å². The Hall–Kier alpha value is -4.88. The fraction of sp³-hybridized carbons (Fsp3) is 0.484. The first-order valence-electron chi connectivity index (χ1n) is 15.0. The number of carboxylic acid groups (broad SMARTS) is 1. The van der Waals surface area contributed by atoms with Gasteiger partial charge in [-0.25, -0.2) is 4.79 Å². The first-order valence-corrected chi connectivity index (χ1v) is 15.0. The smallest absolute Gasteiger partial charge is 0.337 e. The van der Waals surface area contributed by atoms with Crippen LogP contribution in [0.25, 0.3) is 0 Å². The van der Waals surface area contributed by atoms with Crippen LogP contribution in [-0.4, -0.2) is 69.2 Å². The molecule has 2 aromatic rings. The lowest BCUT2D eigenvalue weighted by Gasteiger charge is -2.44. The summed E-state index contributed by atoms with van der Waals surface area (Å²) in [7, 11) is 1.27. The van der Waals surface area contributed by atoms with Gasteiger partial charge in [0, 0.05) is 38.1 Å². The van der Waals surface area contributed by atoms with E-state index >= 15 is 0 Å². The fourth-order valence-electron chi connectivity index (χ4n) is 6.35. The topological polar surface area (TPSA) is 206 Å². The number of amides is 4. The number of hydrogen-bond acceptors (Lipinski definition) is 8. The number of Topliss-reactive ketones (excluding diaryl/α,β-unsaturated/α-hetero) is 1. The maximum absolute atomic E-state index is 13.3. The summed E-state index contributed by atoms with van der Waals surface area (Å²) in [5.41, 5.74) is -1.23. The zero-order valence-electron chi connectivity index (χ0n) is 25.2. The molecule has 0 aliphatic heterocycles. The Morgan fingerprint density at radius 1 is 1.09 bits per heavy atom. The number of aromatic carboxylic acids is 1. The van der Waals surface area contributed by atoms with Crippen LogP contribution in [-0.2, 0) is 25.7 Å². The molecule has 14 nitrogen and oxygen atoms in total. The van der Waals surface area contributed by atoms with Crippen molar-refractivity contribution >= 4 is 41.1 Å². The summed E-state index contributed by atoms with van der Waals surface area (Å²) in [5.74, 6) is -3.59. The summed E-state index contributed by atoms with van der Waals surface area (Å²) in [6.07, 6.45) is 8.50. The third-order valence-electron chi connectivity index (χ3n) is 8.58. The van der Waals surface area contributed by atoms with Crippen molar-refractivity contribution in [2.45, 2.75) is 70.5 Å². The number of ketones is 1. The molecule has 4 amide bonds. The van der Waals surface area contributed by atoms with Crippen LogP contribution in [0.15, 0.2) is 41.6 Å². The lowest BCUT2D eigenvalue weighted by Crippen LogP contribution is -2.50. The predicted molar refractivity (Wildman–Crippen MR) is 161 cm³/mol. The highest BCUT2D eigenvalue weighted by molar-refractivity contribution is 6.36. The number of rotatable bonds is 12.